The molecule has 4 rings (SSSR count). The number of aryl methyl sites for hydroxylation is 1. The van der Waals surface area contributed by atoms with Crippen LogP contribution in [0.2, 0.25) is 0 Å². The largest absolute Gasteiger partial charge is 0.358 e. The predicted molar refractivity (Wildman–Crippen MR) is 96.2 cm³/mol. The average molecular weight is 322 g/mol. The van der Waals surface area contributed by atoms with E-state index in [1.807, 2.05) is 16.8 Å². The molecule has 0 aliphatic carbocycles. The van der Waals surface area contributed by atoms with E-state index in [1.54, 1.807) is 4.90 Å². The van der Waals surface area contributed by atoms with Crippen LogP contribution in [0.3, 0.4) is 0 Å². The molecule has 124 valence electrons. The molecule has 0 saturated carbocycles. The second kappa shape index (κ2) is 6.24. The quantitative estimate of drug-likeness (QED) is 0.794. The number of nitrogens with one attached hydrogen (secondary N) is 1. The van der Waals surface area contributed by atoms with E-state index < -0.39 is 0 Å². The van der Waals surface area contributed by atoms with E-state index in [2.05, 4.69) is 65.5 Å². The molecule has 1 aliphatic heterocycles. The van der Waals surface area contributed by atoms with Crippen LogP contribution in [0.5, 0.6) is 0 Å². The number of quaternary nitrogens is 1. The fourth-order valence-electron chi connectivity index (χ4n) is 3.71. The first kappa shape index (κ1) is 15.1. The van der Waals surface area contributed by atoms with Gasteiger partial charge >= 0.3 is 0 Å². The molecule has 5 nitrogen and oxygen atoms in total. The van der Waals surface area contributed by atoms with E-state index in [-0.39, 0.29) is 0 Å². The number of anilines is 1. The Labute approximate surface area is 142 Å². The summed E-state index contributed by atoms with van der Waals surface area (Å²) >= 11 is 0. The van der Waals surface area contributed by atoms with Gasteiger partial charge in [-0.3, -0.25) is 0 Å². The fraction of sp³-hybridized carbons (Fsp3) is 0.368. The summed E-state index contributed by atoms with van der Waals surface area (Å²) < 4.78 is 2.04. The smallest absolute Gasteiger partial charge is 0.175 e. The maximum absolute atomic E-state index is 4.34. The molecule has 1 N–H and O–H groups in total. The first-order chi connectivity index (χ1) is 11.7. The Kier molecular flexibility index (Phi) is 3.94. The van der Waals surface area contributed by atoms with Crippen molar-refractivity contribution in [2.45, 2.75) is 26.6 Å². The zero-order valence-corrected chi connectivity index (χ0v) is 14.3. The molecule has 24 heavy (non-hydrogen) atoms. The molecular formula is C19H24N5+. The molecule has 3 aromatic rings. The summed E-state index contributed by atoms with van der Waals surface area (Å²) in [6.07, 6.45) is 0. The van der Waals surface area contributed by atoms with Gasteiger partial charge in [-0.25, -0.2) is 0 Å². The normalized spacial score (nSPS) is 21.3. The average Bonchev–Trinajstić information content (AvgIpc) is 2.98. The lowest BCUT2D eigenvalue weighted by Crippen LogP contribution is -3.15. The molecule has 0 spiro atoms. The van der Waals surface area contributed by atoms with Crippen molar-refractivity contribution in [3.05, 3.63) is 54.1 Å². The maximum Gasteiger partial charge on any atom is 0.175 e. The van der Waals surface area contributed by atoms with Crippen LogP contribution in [-0.2, 0) is 6.67 Å². The Bertz CT molecular complexity index is 840. The van der Waals surface area contributed by atoms with Gasteiger partial charge in [0.2, 0.25) is 0 Å². The topological polar surface area (TPSA) is 38.4 Å². The number of hydrogen-bond acceptors (Lipinski definition) is 3. The van der Waals surface area contributed by atoms with Crippen LogP contribution < -0.4 is 9.80 Å². The van der Waals surface area contributed by atoms with E-state index in [0.29, 0.717) is 6.04 Å². The molecule has 1 unspecified atom stereocenters. The van der Waals surface area contributed by atoms with Crippen molar-refractivity contribution in [3.63, 3.8) is 0 Å². The zero-order valence-electron chi connectivity index (χ0n) is 14.3. The van der Waals surface area contributed by atoms with Crippen LogP contribution in [0, 0.1) is 6.92 Å². The first-order valence-electron chi connectivity index (χ1n) is 8.66. The SMILES string of the molecule is Cc1cccc(N2CC[NH+](Cn3nnc4ccccc43)C[C@@H]2C)c1. The van der Waals surface area contributed by atoms with Crippen LogP contribution in [0.15, 0.2) is 48.5 Å². The van der Waals surface area contributed by atoms with Gasteiger partial charge in [0.05, 0.1) is 31.2 Å². The number of hydrogen-bond donors (Lipinski definition) is 1. The summed E-state index contributed by atoms with van der Waals surface area (Å²) in [6.45, 7) is 8.67. The molecule has 2 atom stereocenters. The minimum atomic E-state index is 0.519. The Hall–Kier alpha value is -2.40. The van der Waals surface area contributed by atoms with Crippen LogP contribution in [0.1, 0.15) is 12.5 Å². The molecular weight excluding hydrogens is 298 g/mol. The molecule has 2 aromatic carbocycles. The van der Waals surface area contributed by atoms with Gasteiger partial charge in [0.25, 0.3) is 0 Å². The summed E-state index contributed by atoms with van der Waals surface area (Å²) in [5.41, 5.74) is 4.76. The number of aromatic nitrogens is 3. The highest BCUT2D eigenvalue weighted by Gasteiger charge is 2.27. The van der Waals surface area contributed by atoms with Gasteiger partial charge in [-0.15, -0.1) is 5.10 Å². The highest BCUT2D eigenvalue weighted by molar-refractivity contribution is 5.73. The maximum atomic E-state index is 4.34. The number of benzene rings is 2. The summed E-state index contributed by atoms with van der Waals surface area (Å²) in [5, 5.41) is 8.60. The number of para-hydroxylation sites is 1. The van der Waals surface area contributed by atoms with Gasteiger partial charge in [0, 0.05) is 5.69 Å². The second-order valence-corrected chi connectivity index (χ2v) is 6.82. The molecule has 2 heterocycles. The number of rotatable bonds is 3. The van der Waals surface area contributed by atoms with Crippen molar-refractivity contribution >= 4 is 16.7 Å². The first-order valence-corrected chi connectivity index (χ1v) is 8.66. The standard InChI is InChI=1S/C19H23N5/c1-15-6-5-7-17(12-15)23-11-10-22(13-16(23)2)14-24-19-9-4-3-8-18(19)20-21-24/h3-9,12,16H,10-11,13-14H2,1-2H3/p+1/t16-/m0/s1. The van der Waals surface area contributed by atoms with Crippen molar-refractivity contribution in [3.8, 4) is 0 Å². The molecule has 0 bridgehead atoms. The number of fused-ring (bicyclic) bond motifs is 1. The number of piperazine rings is 1. The molecule has 0 amide bonds. The highest BCUT2D eigenvalue weighted by Crippen LogP contribution is 2.18. The lowest BCUT2D eigenvalue weighted by Gasteiger charge is -2.38. The number of nitrogens with zero attached hydrogens (tertiary/aromatic N) is 4. The third-order valence-corrected chi connectivity index (χ3v) is 4.95. The summed E-state index contributed by atoms with van der Waals surface area (Å²) in [5.74, 6) is 0. The lowest BCUT2D eigenvalue weighted by atomic mass is 10.1. The molecule has 1 saturated heterocycles. The summed E-state index contributed by atoms with van der Waals surface area (Å²) in [7, 11) is 0. The molecule has 5 heteroatoms. The minimum absolute atomic E-state index is 0.519. The summed E-state index contributed by atoms with van der Waals surface area (Å²) in [6, 6.07) is 17.5. The van der Waals surface area contributed by atoms with Crippen molar-refractivity contribution in [1.82, 2.24) is 15.0 Å². The fourth-order valence-corrected chi connectivity index (χ4v) is 3.71. The molecule has 1 aliphatic rings. The monoisotopic (exact) mass is 322 g/mol. The van der Waals surface area contributed by atoms with Crippen LogP contribution >= 0.6 is 0 Å². The third-order valence-electron chi connectivity index (χ3n) is 4.95. The van der Waals surface area contributed by atoms with E-state index in [9.17, 15) is 0 Å². The predicted octanol–water partition coefficient (Wildman–Crippen LogP) is 1.49. The van der Waals surface area contributed by atoms with Gasteiger partial charge in [-0.2, -0.15) is 4.68 Å². The molecule has 1 fully saturated rings. The van der Waals surface area contributed by atoms with Gasteiger partial charge in [-0.1, -0.05) is 29.5 Å². The van der Waals surface area contributed by atoms with Crippen molar-refractivity contribution < 1.29 is 4.90 Å². The van der Waals surface area contributed by atoms with Crippen LogP contribution in [0.25, 0.3) is 11.0 Å². The second-order valence-electron chi connectivity index (χ2n) is 6.82. The van der Waals surface area contributed by atoms with Gasteiger partial charge in [0.1, 0.15) is 5.52 Å². The van der Waals surface area contributed by atoms with Crippen molar-refractivity contribution in [2.75, 3.05) is 24.5 Å². The van der Waals surface area contributed by atoms with Crippen molar-refractivity contribution in [1.29, 1.82) is 0 Å². The van der Waals surface area contributed by atoms with Gasteiger partial charge in [-0.05, 0) is 43.7 Å². The van der Waals surface area contributed by atoms with E-state index in [1.165, 1.54) is 11.3 Å². The highest BCUT2D eigenvalue weighted by atomic mass is 15.5. The minimum Gasteiger partial charge on any atom is -0.358 e. The summed E-state index contributed by atoms with van der Waals surface area (Å²) in [4.78, 5) is 4.08. The Morgan fingerprint density at radius 2 is 2.04 bits per heavy atom. The van der Waals surface area contributed by atoms with Gasteiger partial charge < -0.3 is 9.80 Å². The Morgan fingerprint density at radius 3 is 2.88 bits per heavy atom. The lowest BCUT2D eigenvalue weighted by molar-refractivity contribution is -0.926. The van der Waals surface area contributed by atoms with Gasteiger partial charge in [0.15, 0.2) is 6.67 Å². The van der Waals surface area contributed by atoms with E-state index >= 15 is 0 Å². The Balaban J connectivity index is 1.47. The van der Waals surface area contributed by atoms with E-state index in [0.717, 1.165) is 37.3 Å². The van der Waals surface area contributed by atoms with Crippen LogP contribution in [0.4, 0.5) is 5.69 Å². The van der Waals surface area contributed by atoms with Crippen LogP contribution in [-0.4, -0.2) is 40.7 Å². The molecule has 1 aromatic heterocycles. The van der Waals surface area contributed by atoms with Crippen molar-refractivity contribution in [2.24, 2.45) is 0 Å². The zero-order chi connectivity index (χ0) is 16.5. The Morgan fingerprint density at radius 1 is 1.17 bits per heavy atom. The third kappa shape index (κ3) is 2.87. The molecule has 0 radical (unpaired) electrons. The van der Waals surface area contributed by atoms with E-state index in [4.69, 9.17) is 0 Å².